The molecule has 0 aliphatic heterocycles. The van der Waals surface area contributed by atoms with Gasteiger partial charge in [-0.3, -0.25) is 0 Å². The van der Waals surface area contributed by atoms with Gasteiger partial charge in [0.05, 0.1) is 5.75 Å². The summed E-state index contributed by atoms with van der Waals surface area (Å²) in [5.41, 5.74) is -2.19. The van der Waals surface area contributed by atoms with Crippen molar-refractivity contribution in [1.82, 2.24) is 10.0 Å². The van der Waals surface area contributed by atoms with Gasteiger partial charge in [-0.1, -0.05) is 6.92 Å². The van der Waals surface area contributed by atoms with E-state index in [0.717, 1.165) is 6.54 Å². The molecular formula is C10H19F3N2O2S. The van der Waals surface area contributed by atoms with Gasteiger partial charge in [-0.15, -0.1) is 0 Å². The van der Waals surface area contributed by atoms with Crippen molar-refractivity contribution in [3.63, 3.8) is 0 Å². The van der Waals surface area contributed by atoms with Crippen molar-refractivity contribution >= 4 is 10.0 Å². The van der Waals surface area contributed by atoms with Gasteiger partial charge in [-0.25, -0.2) is 8.42 Å². The molecule has 1 rings (SSSR count). The molecule has 0 aromatic rings. The molecule has 0 saturated heterocycles. The van der Waals surface area contributed by atoms with E-state index >= 15 is 0 Å². The van der Waals surface area contributed by atoms with E-state index in [1.807, 2.05) is 6.92 Å². The molecule has 0 heterocycles. The van der Waals surface area contributed by atoms with Gasteiger partial charge < -0.3 is 5.32 Å². The molecule has 1 saturated carbocycles. The number of rotatable bonds is 8. The molecule has 108 valence electrons. The summed E-state index contributed by atoms with van der Waals surface area (Å²) in [4.78, 5) is 0. The highest BCUT2D eigenvalue weighted by Crippen LogP contribution is 2.49. The van der Waals surface area contributed by atoms with E-state index in [1.54, 1.807) is 4.72 Å². The number of unbranched alkanes of at least 4 members (excludes halogenated alkanes) is 1. The van der Waals surface area contributed by atoms with Gasteiger partial charge in [0.25, 0.3) is 0 Å². The highest BCUT2D eigenvalue weighted by molar-refractivity contribution is 7.89. The van der Waals surface area contributed by atoms with Crippen LogP contribution in [0.4, 0.5) is 13.2 Å². The van der Waals surface area contributed by atoms with Gasteiger partial charge in [0, 0.05) is 0 Å². The molecule has 0 spiro atoms. The Bertz CT molecular complexity index is 364. The van der Waals surface area contributed by atoms with Crippen molar-refractivity contribution in [2.45, 2.75) is 44.3 Å². The third-order valence-electron chi connectivity index (χ3n) is 2.91. The standard InChI is InChI=1S/C10H19F3N2O2S/c1-2-14-7-3-4-8-18(16,17)15-9(5-6-9)10(11,12)13/h14-15H,2-8H2,1H3. The normalized spacial score (nSPS) is 18.9. The number of hydrogen-bond acceptors (Lipinski definition) is 3. The first kappa shape index (κ1) is 15.7. The molecule has 0 unspecified atom stereocenters. The van der Waals surface area contributed by atoms with Crippen LogP contribution in [0.25, 0.3) is 0 Å². The van der Waals surface area contributed by atoms with Crippen LogP contribution in [0.15, 0.2) is 0 Å². The average Bonchev–Trinajstić information content (AvgIpc) is 2.96. The Kier molecular flexibility index (Phi) is 5.02. The Morgan fingerprint density at radius 2 is 1.83 bits per heavy atom. The zero-order chi connectivity index (χ0) is 13.9. The van der Waals surface area contributed by atoms with E-state index in [4.69, 9.17) is 0 Å². The first-order chi connectivity index (χ1) is 8.22. The van der Waals surface area contributed by atoms with E-state index < -0.39 is 21.7 Å². The Labute approximate surface area is 105 Å². The van der Waals surface area contributed by atoms with Crippen LogP contribution in [0.2, 0.25) is 0 Å². The minimum atomic E-state index is -4.50. The van der Waals surface area contributed by atoms with Crippen molar-refractivity contribution in [3.05, 3.63) is 0 Å². The maximum absolute atomic E-state index is 12.6. The molecule has 18 heavy (non-hydrogen) atoms. The molecule has 0 atom stereocenters. The van der Waals surface area contributed by atoms with E-state index in [0.29, 0.717) is 19.4 Å². The third kappa shape index (κ3) is 4.40. The van der Waals surface area contributed by atoms with Gasteiger partial charge in [-0.2, -0.15) is 17.9 Å². The topological polar surface area (TPSA) is 58.2 Å². The lowest BCUT2D eigenvalue weighted by atomic mass is 10.3. The predicted molar refractivity (Wildman–Crippen MR) is 62.7 cm³/mol. The molecule has 1 fully saturated rings. The van der Waals surface area contributed by atoms with Crippen molar-refractivity contribution in [2.75, 3.05) is 18.8 Å². The van der Waals surface area contributed by atoms with Crippen LogP contribution in [-0.2, 0) is 10.0 Å². The average molecular weight is 288 g/mol. The monoisotopic (exact) mass is 288 g/mol. The second kappa shape index (κ2) is 5.75. The lowest BCUT2D eigenvalue weighted by Crippen LogP contribution is -2.48. The third-order valence-corrected chi connectivity index (χ3v) is 4.44. The fourth-order valence-electron chi connectivity index (χ4n) is 1.64. The lowest BCUT2D eigenvalue weighted by molar-refractivity contribution is -0.160. The molecule has 0 aromatic carbocycles. The lowest BCUT2D eigenvalue weighted by Gasteiger charge is -2.20. The van der Waals surface area contributed by atoms with E-state index in [-0.39, 0.29) is 18.6 Å². The molecule has 2 N–H and O–H groups in total. The second-order valence-corrected chi connectivity index (χ2v) is 6.40. The maximum Gasteiger partial charge on any atom is 0.407 e. The van der Waals surface area contributed by atoms with Crippen molar-refractivity contribution in [3.8, 4) is 0 Å². The quantitative estimate of drug-likeness (QED) is 0.664. The largest absolute Gasteiger partial charge is 0.407 e. The zero-order valence-electron chi connectivity index (χ0n) is 10.3. The van der Waals surface area contributed by atoms with Crippen LogP contribution in [0.1, 0.15) is 32.6 Å². The minimum absolute atomic E-state index is 0.160. The van der Waals surface area contributed by atoms with Gasteiger partial charge in [-0.05, 0) is 38.8 Å². The summed E-state index contributed by atoms with van der Waals surface area (Å²) < 4.78 is 62.6. The molecule has 8 heteroatoms. The van der Waals surface area contributed by atoms with Crippen molar-refractivity contribution < 1.29 is 21.6 Å². The smallest absolute Gasteiger partial charge is 0.317 e. The Balaban J connectivity index is 2.37. The highest BCUT2D eigenvalue weighted by atomic mass is 32.2. The van der Waals surface area contributed by atoms with Crippen LogP contribution < -0.4 is 10.0 Å². The van der Waals surface area contributed by atoms with E-state index in [2.05, 4.69) is 5.32 Å². The summed E-state index contributed by atoms with van der Waals surface area (Å²) >= 11 is 0. The predicted octanol–water partition coefficient (Wildman–Crippen LogP) is 1.39. The summed E-state index contributed by atoms with van der Waals surface area (Å²) in [6, 6.07) is 0. The minimum Gasteiger partial charge on any atom is -0.317 e. The van der Waals surface area contributed by atoms with Crippen LogP contribution in [-0.4, -0.2) is 39.0 Å². The van der Waals surface area contributed by atoms with E-state index in [1.165, 1.54) is 0 Å². The second-order valence-electron chi connectivity index (χ2n) is 4.56. The molecule has 1 aliphatic rings. The maximum atomic E-state index is 12.6. The van der Waals surface area contributed by atoms with Gasteiger partial charge in [0.2, 0.25) is 10.0 Å². The first-order valence-electron chi connectivity index (χ1n) is 6.01. The number of hydrogen-bond donors (Lipinski definition) is 2. The Morgan fingerprint density at radius 3 is 2.28 bits per heavy atom. The molecule has 4 nitrogen and oxygen atoms in total. The summed E-state index contributed by atoms with van der Waals surface area (Å²) in [6.07, 6.45) is -3.83. The van der Waals surface area contributed by atoms with Gasteiger partial charge in [0.1, 0.15) is 5.54 Å². The van der Waals surface area contributed by atoms with Crippen molar-refractivity contribution in [2.24, 2.45) is 0 Å². The zero-order valence-corrected chi connectivity index (χ0v) is 11.1. The Morgan fingerprint density at radius 1 is 1.22 bits per heavy atom. The van der Waals surface area contributed by atoms with Gasteiger partial charge in [0.15, 0.2) is 0 Å². The number of halogens is 3. The van der Waals surface area contributed by atoms with Gasteiger partial charge >= 0.3 is 6.18 Å². The fraction of sp³-hybridized carbons (Fsp3) is 1.00. The van der Waals surface area contributed by atoms with E-state index in [9.17, 15) is 21.6 Å². The number of nitrogens with one attached hydrogen (secondary N) is 2. The molecule has 0 radical (unpaired) electrons. The van der Waals surface area contributed by atoms with Crippen molar-refractivity contribution in [1.29, 1.82) is 0 Å². The molecular weight excluding hydrogens is 269 g/mol. The molecule has 0 amide bonds. The summed E-state index contributed by atoms with van der Waals surface area (Å²) in [5, 5.41) is 3.02. The van der Waals surface area contributed by atoms with Crippen LogP contribution >= 0.6 is 0 Å². The Hall–Kier alpha value is -0.340. The molecule has 1 aliphatic carbocycles. The fourth-order valence-corrected chi connectivity index (χ4v) is 3.24. The summed E-state index contributed by atoms with van der Waals surface area (Å²) in [6.45, 7) is 3.40. The van der Waals surface area contributed by atoms with Crippen LogP contribution in [0.3, 0.4) is 0 Å². The van der Waals surface area contributed by atoms with Crippen LogP contribution in [0, 0.1) is 0 Å². The highest BCUT2D eigenvalue weighted by Gasteiger charge is 2.65. The van der Waals surface area contributed by atoms with Crippen LogP contribution in [0.5, 0.6) is 0 Å². The summed E-state index contributed by atoms with van der Waals surface area (Å²) in [5.74, 6) is -0.254. The molecule has 0 aromatic heterocycles. The molecule has 0 bridgehead atoms. The number of alkyl halides is 3. The number of sulfonamides is 1. The first-order valence-corrected chi connectivity index (χ1v) is 7.67. The summed E-state index contributed by atoms with van der Waals surface area (Å²) in [7, 11) is -3.84. The SMILES string of the molecule is CCNCCCCS(=O)(=O)NC1(C(F)(F)F)CC1.